The summed E-state index contributed by atoms with van der Waals surface area (Å²) < 4.78 is 4.80. The first kappa shape index (κ1) is 13.4. The summed E-state index contributed by atoms with van der Waals surface area (Å²) in [7, 11) is 0. The van der Waals surface area contributed by atoms with Gasteiger partial charge in [-0.3, -0.25) is 4.79 Å². The molecule has 0 N–H and O–H groups in total. The summed E-state index contributed by atoms with van der Waals surface area (Å²) in [6, 6.07) is 11.1. The first-order valence-corrected chi connectivity index (χ1v) is 6.47. The number of benzene rings is 2. The van der Waals surface area contributed by atoms with Crippen LogP contribution >= 0.6 is 11.8 Å². The number of fused-ring (bicyclic) bond motifs is 1. The summed E-state index contributed by atoms with van der Waals surface area (Å²) in [5.41, 5.74) is 0.374. The fourth-order valence-electron chi connectivity index (χ4n) is 1.80. The second-order valence-corrected chi connectivity index (χ2v) is 5.02. The fraction of sp³-hybridized carbons (Fsp3) is 0.0667. The van der Waals surface area contributed by atoms with Gasteiger partial charge < -0.3 is 4.74 Å². The van der Waals surface area contributed by atoms with Gasteiger partial charge in [0.1, 0.15) is 0 Å². The van der Waals surface area contributed by atoms with Crippen LogP contribution in [0.4, 0.5) is 0 Å². The van der Waals surface area contributed by atoms with E-state index < -0.39 is 5.97 Å². The molecule has 0 amide bonds. The predicted molar refractivity (Wildman–Crippen MR) is 76.1 cm³/mol. The molecule has 0 aliphatic carbocycles. The average Bonchev–Trinajstić information content (AvgIpc) is 2.38. The van der Waals surface area contributed by atoms with Crippen molar-refractivity contribution in [1.29, 1.82) is 0 Å². The Morgan fingerprint density at radius 2 is 1.95 bits per heavy atom. The van der Waals surface area contributed by atoms with E-state index >= 15 is 0 Å². The van der Waals surface area contributed by atoms with Crippen LogP contribution in [-0.2, 0) is 9.53 Å². The van der Waals surface area contributed by atoms with Crippen molar-refractivity contribution in [2.45, 2.75) is 11.8 Å². The van der Waals surface area contributed by atoms with Crippen LogP contribution in [0.5, 0.6) is 0 Å². The van der Waals surface area contributed by atoms with Gasteiger partial charge >= 0.3 is 5.97 Å². The minimum Gasteiger partial charge on any atom is -0.432 e. The molecular weight excluding hydrogens is 260 g/mol. The zero-order valence-corrected chi connectivity index (χ0v) is 11.2. The summed E-state index contributed by atoms with van der Waals surface area (Å²) in [6.45, 7) is 4.83. The SMILES string of the molecule is C=COC(=O)c1ccc2ccccc2c1SC(C)=O. The van der Waals surface area contributed by atoms with Gasteiger partial charge in [-0.15, -0.1) is 0 Å². The predicted octanol–water partition coefficient (Wildman–Crippen LogP) is 3.78. The lowest BCUT2D eigenvalue weighted by molar-refractivity contribution is -0.109. The molecule has 0 atom stereocenters. The van der Waals surface area contributed by atoms with Crippen molar-refractivity contribution >= 4 is 33.6 Å². The Morgan fingerprint density at radius 1 is 1.21 bits per heavy atom. The third kappa shape index (κ3) is 2.85. The number of esters is 1. The highest BCUT2D eigenvalue weighted by atomic mass is 32.2. The van der Waals surface area contributed by atoms with E-state index in [4.69, 9.17) is 4.74 Å². The minimum atomic E-state index is -0.510. The van der Waals surface area contributed by atoms with Gasteiger partial charge in [0.25, 0.3) is 0 Å². The monoisotopic (exact) mass is 272 g/mol. The summed E-state index contributed by atoms with van der Waals surface area (Å²) in [5, 5.41) is 1.76. The van der Waals surface area contributed by atoms with Crippen LogP contribution in [0, 0.1) is 0 Å². The van der Waals surface area contributed by atoms with Crippen molar-refractivity contribution in [3.05, 3.63) is 54.8 Å². The lowest BCUT2D eigenvalue weighted by Crippen LogP contribution is -2.03. The Morgan fingerprint density at radius 3 is 2.63 bits per heavy atom. The van der Waals surface area contributed by atoms with E-state index in [9.17, 15) is 9.59 Å². The van der Waals surface area contributed by atoms with Crippen molar-refractivity contribution in [2.24, 2.45) is 0 Å². The van der Waals surface area contributed by atoms with Crippen molar-refractivity contribution in [1.82, 2.24) is 0 Å². The quantitative estimate of drug-likeness (QED) is 0.484. The highest BCUT2D eigenvalue weighted by Crippen LogP contribution is 2.32. The van der Waals surface area contributed by atoms with Gasteiger partial charge in [-0.25, -0.2) is 4.79 Å². The number of carbonyl (C=O) groups is 2. The fourth-order valence-corrected chi connectivity index (χ4v) is 2.64. The molecule has 2 rings (SSSR count). The molecule has 0 saturated heterocycles. The summed E-state index contributed by atoms with van der Waals surface area (Å²) >= 11 is 1.03. The van der Waals surface area contributed by atoms with E-state index in [0.29, 0.717) is 10.5 Å². The van der Waals surface area contributed by atoms with Crippen LogP contribution in [-0.4, -0.2) is 11.1 Å². The summed E-state index contributed by atoms with van der Waals surface area (Å²) in [6.07, 6.45) is 1.08. The largest absolute Gasteiger partial charge is 0.432 e. The molecule has 0 aliphatic rings. The maximum atomic E-state index is 11.9. The Labute approximate surface area is 115 Å². The molecule has 0 aliphatic heterocycles. The van der Waals surface area contributed by atoms with Gasteiger partial charge in [-0.05, 0) is 16.8 Å². The van der Waals surface area contributed by atoms with Crippen molar-refractivity contribution in [3.63, 3.8) is 0 Å². The third-order valence-corrected chi connectivity index (χ3v) is 3.47. The normalized spacial score (nSPS) is 10.2. The zero-order valence-electron chi connectivity index (χ0n) is 10.4. The van der Waals surface area contributed by atoms with E-state index in [1.165, 1.54) is 6.92 Å². The Bertz CT molecular complexity index is 661. The first-order valence-electron chi connectivity index (χ1n) is 5.65. The van der Waals surface area contributed by atoms with Crippen molar-refractivity contribution < 1.29 is 14.3 Å². The molecular formula is C15H12O3S. The molecule has 0 bridgehead atoms. The lowest BCUT2D eigenvalue weighted by atomic mass is 10.1. The molecule has 3 nitrogen and oxygen atoms in total. The van der Waals surface area contributed by atoms with Crippen LogP contribution in [0.1, 0.15) is 17.3 Å². The maximum absolute atomic E-state index is 11.9. The molecule has 0 spiro atoms. The van der Waals surface area contributed by atoms with Gasteiger partial charge in [0.15, 0.2) is 5.12 Å². The Balaban J connectivity index is 2.65. The van der Waals surface area contributed by atoms with E-state index in [1.807, 2.05) is 30.3 Å². The Kier molecular flexibility index (Phi) is 4.02. The second kappa shape index (κ2) is 5.71. The number of ether oxygens (including phenoxy) is 1. The molecule has 0 aromatic heterocycles. The smallest absolute Gasteiger partial charge is 0.344 e. The molecule has 0 unspecified atom stereocenters. The average molecular weight is 272 g/mol. The summed E-state index contributed by atoms with van der Waals surface area (Å²) in [5.74, 6) is -0.510. The number of carbonyl (C=O) groups excluding carboxylic acids is 2. The van der Waals surface area contributed by atoms with Crippen LogP contribution < -0.4 is 0 Å². The maximum Gasteiger partial charge on any atom is 0.344 e. The zero-order chi connectivity index (χ0) is 13.8. The van der Waals surface area contributed by atoms with E-state index in [0.717, 1.165) is 28.8 Å². The van der Waals surface area contributed by atoms with Crippen molar-refractivity contribution in [3.8, 4) is 0 Å². The molecule has 0 radical (unpaired) electrons. The number of thioether (sulfide) groups is 1. The molecule has 4 heteroatoms. The highest BCUT2D eigenvalue weighted by Gasteiger charge is 2.17. The molecule has 0 saturated carbocycles. The molecule has 2 aromatic rings. The van der Waals surface area contributed by atoms with Crippen molar-refractivity contribution in [2.75, 3.05) is 0 Å². The van der Waals surface area contributed by atoms with Crippen LogP contribution in [0.25, 0.3) is 10.8 Å². The van der Waals surface area contributed by atoms with Gasteiger partial charge in [-0.1, -0.05) is 48.7 Å². The number of hydrogen-bond donors (Lipinski definition) is 0. The highest BCUT2D eigenvalue weighted by molar-refractivity contribution is 8.13. The van der Waals surface area contributed by atoms with Crippen LogP contribution in [0.2, 0.25) is 0 Å². The molecule has 96 valence electrons. The van der Waals surface area contributed by atoms with E-state index in [1.54, 1.807) is 6.07 Å². The standard InChI is InChI=1S/C15H12O3S/c1-3-18-15(17)13-9-8-11-6-4-5-7-12(11)14(13)19-10(2)16/h3-9H,1H2,2H3. The minimum absolute atomic E-state index is 0.0796. The van der Waals surface area contributed by atoms with Crippen LogP contribution in [0.3, 0.4) is 0 Å². The third-order valence-electron chi connectivity index (χ3n) is 2.54. The molecule has 2 aromatic carbocycles. The van der Waals surface area contributed by atoms with Gasteiger partial charge in [0.2, 0.25) is 0 Å². The van der Waals surface area contributed by atoms with Gasteiger partial charge in [-0.2, -0.15) is 0 Å². The van der Waals surface area contributed by atoms with Gasteiger partial charge in [0.05, 0.1) is 11.8 Å². The van der Waals surface area contributed by atoms with Crippen LogP contribution in [0.15, 0.2) is 54.1 Å². The number of hydrogen-bond acceptors (Lipinski definition) is 4. The summed E-state index contributed by atoms with van der Waals surface area (Å²) in [4.78, 5) is 23.9. The molecule has 0 heterocycles. The molecule has 0 fully saturated rings. The topological polar surface area (TPSA) is 43.4 Å². The lowest BCUT2D eigenvalue weighted by Gasteiger charge is -2.09. The number of rotatable bonds is 3. The van der Waals surface area contributed by atoms with E-state index in [-0.39, 0.29) is 5.12 Å². The first-order chi connectivity index (χ1) is 9.13. The molecule has 19 heavy (non-hydrogen) atoms. The Hall–Kier alpha value is -2.07. The second-order valence-electron chi connectivity index (χ2n) is 3.83. The van der Waals surface area contributed by atoms with Gasteiger partial charge in [0, 0.05) is 11.8 Å². The van der Waals surface area contributed by atoms with E-state index in [2.05, 4.69) is 6.58 Å².